The first-order valence-electron chi connectivity index (χ1n) is 10.8. The van der Waals surface area contributed by atoms with Crippen molar-refractivity contribution >= 4 is 46.1 Å². The first kappa shape index (κ1) is 19.9. The predicted octanol–water partition coefficient (Wildman–Crippen LogP) is 7.74. The Morgan fingerprint density at radius 1 is 0.469 bits per heavy atom. The van der Waals surface area contributed by atoms with Crippen molar-refractivity contribution in [1.29, 1.82) is 0 Å². The number of benzene rings is 3. The lowest BCUT2D eigenvalue weighted by Gasteiger charge is -2.01. The van der Waals surface area contributed by atoms with Crippen molar-refractivity contribution in [1.82, 2.24) is 9.97 Å². The maximum atomic E-state index is 4.73. The Balaban J connectivity index is 1.29. The van der Waals surface area contributed by atoms with Crippen LogP contribution in [0.1, 0.15) is 33.6 Å². The van der Waals surface area contributed by atoms with E-state index in [1.807, 2.05) is 0 Å². The standard InChI is InChI=1S/C30H24N2/c1-21-3-17-29-25(19-21)11-15-27(31-29)13-9-23-5-7-24(8-6-23)10-14-28-16-12-26-20-22(2)4-18-30(26)32-28/h3-20H,1-2H3. The van der Waals surface area contributed by atoms with Crippen LogP contribution in [0.25, 0.3) is 46.1 Å². The van der Waals surface area contributed by atoms with E-state index in [4.69, 9.17) is 9.97 Å². The smallest absolute Gasteiger partial charge is 0.0709 e. The second kappa shape index (κ2) is 8.60. The van der Waals surface area contributed by atoms with E-state index in [1.54, 1.807) is 0 Å². The Morgan fingerprint density at radius 2 is 0.906 bits per heavy atom. The highest BCUT2D eigenvalue weighted by Crippen LogP contribution is 2.18. The van der Waals surface area contributed by atoms with Gasteiger partial charge in [-0.1, -0.05) is 71.8 Å². The van der Waals surface area contributed by atoms with Crippen LogP contribution in [0.2, 0.25) is 0 Å². The molecular formula is C30H24N2. The molecule has 0 amide bonds. The minimum Gasteiger partial charge on any atom is -0.248 e. The molecule has 0 aliphatic rings. The summed E-state index contributed by atoms with van der Waals surface area (Å²) in [7, 11) is 0. The summed E-state index contributed by atoms with van der Waals surface area (Å²) >= 11 is 0. The molecule has 0 bridgehead atoms. The van der Waals surface area contributed by atoms with Gasteiger partial charge in [-0.25, -0.2) is 9.97 Å². The third-order valence-electron chi connectivity index (χ3n) is 5.56. The average molecular weight is 413 g/mol. The molecule has 0 saturated heterocycles. The van der Waals surface area contributed by atoms with Gasteiger partial charge in [0.05, 0.1) is 22.4 Å². The van der Waals surface area contributed by atoms with Crippen molar-refractivity contribution < 1.29 is 0 Å². The van der Waals surface area contributed by atoms with E-state index in [1.165, 1.54) is 21.9 Å². The van der Waals surface area contributed by atoms with Crippen LogP contribution < -0.4 is 0 Å². The zero-order chi connectivity index (χ0) is 21.9. The Kier molecular flexibility index (Phi) is 5.35. The fourth-order valence-electron chi connectivity index (χ4n) is 3.79. The molecule has 0 fully saturated rings. The van der Waals surface area contributed by atoms with Crippen LogP contribution in [0.4, 0.5) is 0 Å². The Hall–Kier alpha value is -4.04. The van der Waals surface area contributed by atoms with E-state index in [0.29, 0.717) is 0 Å². The highest BCUT2D eigenvalue weighted by Gasteiger charge is 1.98. The van der Waals surface area contributed by atoms with E-state index in [0.717, 1.165) is 33.5 Å². The highest BCUT2D eigenvalue weighted by molar-refractivity contribution is 5.83. The molecule has 5 rings (SSSR count). The van der Waals surface area contributed by atoms with Gasteiger partial charge in [0.25, 0.3) is 0 Å². The summed E-state index contributed by atoms with van der Waals surface area (Å²) in [5.74, 6) is 0. The van der Waals surface area contributed by atoms with E-state index < -0.39 is 0 Å². The van der Waals surface area contributed by atoms with Crippen molar-refractivity contribution in [3.63, 3.8) is 0 Å². The van der Waals surface area contributed by atoms with Crippen molar-refractivity contribution in [3.8, 4) is 0 Å². The zero-order valence-electron chi connectivity index (χ0n) is 18.3. The van der Waals surface area contributed by atoms with Gasteiger partial charge in [-0.05, 0) is 73.5 Å². The summed E-state index contributed by atoms with van der Waals surface area (Å²) in [4.78, 5) is 9.47. The Morgan fingerprint density at radius 3 is 1.34 bits per heavy atom. The van der Waals surface area contributed by atoms with Crippen LogP contribution >= 0.6 is 0 Å². The van der Waals surface area contributed by atoms with Gasteiger partial charge in [0.2, 0.25) is 0 Å². The largest absolute Gasteiger partial charge is 0.248 e. The van der Waals surface area contributed by atoms with Gasteiger partial charge in [-0.3, -0.25) is 0 Å². The lowest BCUT2D eigenvalue weighted by atomic mass is 10.1. The molecule has 0 saturated carbocycles. The maximum absolute atomic E-state index is 4.73. The molecule has 0 unspecified atom stereocenters. The normalized spacial score (nSPS) is 11.8. The summed E-state index contributed by atoms with van der Waals surface area (Å²) < 4.78 is 0. The monoisotopic (exact) mass is 412 g/mol. The molecule has 32 heavy (non-hydrogen) atoms. The van der Waals surface area contributed by atoms with Gasteiger partial charge in [-0.15, -0.1) is 0 Å². The van der Waals surface area contributed by atoms with E-state index >= 15 is 0 Å². The third kappa shape index (κ3) is 4.50. The molecule has 0 aliphatic carbocycles. The van der Waals surface area contributed by atoms with Crippen molar-refractivity contribution in [3.05, 3.63) is 119 Å². The SMILES string of the molecule is Cc1ccc2nc(C=Cc3ccc(C=Cc4ccc5cc(C)ccc5n4)cc3)ccc2c1. The molecule has 2 heterocycles. The fourth-order valence-corrected chi connectivity index (χ4v) is 3.79. The molecule has 0 radical (unpaired) electrons. The molecule has 5 aromatic rings. The number of rotatable bonds is 4. The van der Waals surface area contributed by atoms with Gasteiger partial charge in [0.1, 0.15) is 0 Å². The molecule has 0 atom stereocenters. The van der Waals surface area contributed by atoms with Crippen molar-refractivity contribution in [2.45, 2.75) is 13.8 Å². The van der Waals surface area contributed by atoms with E-state index in [-0.39, 0.29) is 0 Å². The molecule has 154 valence electrons. The van der Waals surface area contributed by atoms with Gasteiger partial charge < -0.3 is 0 Å². The number of fused-ring (bicyclic) bond motifs is 2. The summed E-state index contributed by atoms with van der Waals surface area (Å²) in [6, 6.07) is 29.6. The second-order valence-corrected chi connectivity index (χ2v) is 8.20. The maximum Gasteiger partial charge on any atom is 0.0709 e. The molecule has 3 aromatic carbocycles. The molecular weight excluding hydrogens is 388 g/mol. The van der Waals surface area contributed by atoms with Crippen molar-refractivity contribution in [2.24, 2.45) is 0 Å². The lowest BCUT2D eigenvalue weighted by molar-refractivity contribution is 1.36. The third-order valence-corrected chi connectivity index (χ3v) is 5.56. The number of hydrogen-bond donors (Lipinski definition) is 0. The molecule has 0 N–H and O–H groups in total. The predicted molar refractivity (Wildman–Crippen MR) is 137 cm³/mol. The number of pyridine rings is 2. The fraction of sp³-hybridized carbons (Fsp3) is 0.0667. The van der Waals surface area contributed by atoms with Crippen LogP contribution in [0.15, 0.2) is 84.9 Å². The van der Waals surface area contributed by atoms with Crippen LogP contribution in [-0.4, -0.2) is 9.97 Å². The zero-order valence-corrected chi connectivity index (χ0v) is 18.3. The van der Waals surface area contributed by atoms with Crippen LogP contribution in [0.5, 0.6) is 0 Å². The summed E-state index contributed by atoms with van der Waals surface area (Å²) in [6.07, 6.45) is 8.32. The second-order valence-electron chi connectivity index (χ2n) is 8.20. The van der Waals surface area contributed by atoms with Crippen LogP contribution in [0, 0.1) is 13.8 Å². The number of aryl methyl sites for hydroxylation is 2. The lowest BCUT2D eigenvalue weighted by Crippen LogP contribution is -1.84. The van der Waals surface area contributed by atoms with Gasteiger partial charge in [0.15, 0.2) is 0 Å². The molecule has 0 aliphatic heterocycles. The number of nitrogens with zero attached hydrogens (tertiary/aromatic N) is 2. The van der Waals surface area contributed by atoms with E-state index in [2.05, 4.69) is 123 Å². The van der Waals surface area contributed by atoms with E-state index in [9.17, 15) is 0 Å². The molecule has 2 heteroatoms. The van der Waals surface area contributed by atoms with Crippen LogP contribution in [0.3, 0.4) is 0 Å². The molecule has 0 spiro atoms. The highest BCUT2D eigenvalue weighted by atomic mass is 14.7. The minimum absolute atomic E-state index is 0.961. The summed E-state index contributed by atoms with van der Waals surface area (Å²) in [5.41, 5.74) is 8.77. The minimum atomic E-state index is 0.961. The van der Waals surface area contributed by atoms with Crippen LogP contribution in [-0.2, 0) is 0 Å². The Bertz CT molecular complexity index is 1360. The summed E-state index contributed by atoms with van der Waals surface area (Å²) in [5, 5.41) is 2.35. The first-order chi connectivity index (χ1) is 15.6. The average Bonchev–Trinajstić information content (AvgIpc) is 2.82. The quantitative estimate of drug-likeness (QED) is 0.302. The summed E-state index contributed by atoms with van der Waals surface area (Å²) in [6.45, 7) is 4.20. The first-order valence-corrected chi connectivity index (χ1v) is 10.8. The van der Waals surface area contributed by atoms with Crippen molar-refractivity contribution in [2.75, 3.05) is 0 Å². The molecule has 2 nitrogen and oxygen atoms in total. The number of hydrogen-bond acceptors (Lipinski definition) is 2. The van der Waals surface area contributed by atoms with Gasteiger partial charge in [0, 0.05) is 10.8 Å². The molecule has 2 aromatic heterocycles. The van der Waals surface area contributed by atoms with Gasteiger partial charge >= 0.3 is 0 Å². The Labute approximate surface area is 188 Å². The topological polar surface area (TPSA) is 25.8 Å². The number of aromatic nitrogens is 2. The van der Waals surface area contributed by atoms with Gasteiger partial charge in [-0.2, -0.15) is 0 Å².